The Hall–Kier alpha value is -3.01. The van der Waals surface area contributed by atoms with Gasteiger partial charge in [0.25, 0.3) is 5.91 Å². The number of hydrogen-bond donors (Lipinski definition) is 2. The van der Waals surface area contributed by atoms with E-state index in [1.807, 2.05) is 47.5 Å². The Balaban J connectivity index is 0.000000298. The molecule has 4 rings (SSSR count). The fourth-order valence-electron chi connectivity index (χ4n) is 3.53. The number of nitrogens with zero attached hydrogens (tertiary/aromatic N) is 2. The number of hydrogen-bond acceptors (Lipinski definition) is 4. The Morgan fingerprint density at radius 2 is 1.83 bits per heavy atom. The maximum atomic E-state index is 12.8. The number of methoxy groups -OCH3 is 1. The molecule has 1 fully saturated rings. The van der Waals surface area contributed by atoms with Gasteiger partial charge >= 0.3 is 12.1 Å². The van der Waals surface area contributed by atoms with Gasteiger partial charge < -0.3 is 24.6 Å². The van der Waals surface area contributed by atoms with E-state index in [4.69, 9.17) is 14.6 Å². The monoisotopic (exact) mass is 411 g/mol. The van der Waals surface area contributed by atoms with E-state index in [1.54, 1.807) is 7.11 Å². The number of halogens is 3. The molecule has 0 spiro atoms. The zero-order valence-electron chi connectivity index (χ0n) is 15.5. The van der Waals surface area contributed by atoms with Gasteiger partial charge in [-0.3, -0.25) is 4.79 Å². The van der Waals surface area contributed by atoms with Crippen molar-refractivity contribution in [3.63, 3.8) is 0 Å². The molecule has 2 aromatic rings. The van der Waals surface area contributed by atoms with Crippen molar-refractivity contribution < 1.29 is 32.6 Å². The predicted molar refractivity (Wildman–Crippen MR) is 96.7 cm³/mol. The molecule has 2 aliphatic heterocycles. The molecule has 1 saturated heterocycles. The molecule has 0 bridgehead atoms. The maximum absolute atomic E-state index is 12.8. The summed E-state index contributed by atoms with van der Waals surface area (Å²) in [6, 6.07) is 12.4. The van der Waals surface area contributed by atoms with Crippen molar-refractivity contribution in [3.05, 3.63) is 53.9 Å². The molecule has 156 valence electrons. The third kappa shape index (κ3) is 4.37. The average Bonchev–Trinajstić information content (AvgIpc) is 3.34. The molecular formula is C19H20F3N3O4. The van der Waals surface area contributed by atoms with Crippen LogP contribution in [0.4, 0.5) is 13.2 Å². The second kappa shape index (κ2) is 8.16. The van der Waals surface area contributed by atoms with Crippen LogP contribution in [0.5, 0.6) is 5.75 Å². The third-order valence-corrected chi connectivity index (χ3v) is 4.92. The predicted octanol–water partition coefficient (Wildman–Crippen LogP) is 2.30. The lowest BCUT2D eigenvalue weighted by atomic mass is 10.0. The normalized spacial score (nSPS) is 20.4. The molecule has 0 radical (unpaired) electrons. The standard InChI is InChI=1S/C17H19N3O2.C2HF3O2/c1-22-13-6-4-12(5-7-13)11-20-16-10-18-9-15(16)19-8-2-3-14(19)17(20)21;3-2(4,5)1(6)7/h2-8,15-16,18H,9-11H2,1H3;(H,6,7)/t15-,16+;/m0./s1. The highest BCUT2D eigenvalue weighted by molar-refractivity contribution is 5.94. The SMILES string of the molecule is COc1ccc(CN2C(=O)c3cccn3[C@H]3CNC[C@H]32)cc1.O=C(O)C(F)(F)F. The van der Waals surface area contributed by atoms with Gasteiger partial charge in [-0.05, 0) is 29.8 Å². The van der Waals surface area contributed by atoms with E-state index in [1.165, 1.54) is 0 Å². The van der Waals surface area contributed by atoms with Crippen LogP contribution in [0.3, 0.4) is 0 Å². The fraction of sp³-hybridized carbons (Fsp3) is 0.368. The van der Waals surface area contributed by atoms with Crippen LogP contribution in [0.15, 0.2) is 42.6 Å². The van der Waals surface area contributed by atoms with Gasteiger partial charge in [-0.15, -0.1) is 0 Å². The van der Waals surface area contributed by atoms with Crippen LogP contribution in [0.2, 0.25) is 0 Å². The molecule has 1 aromatic carbocycles. The summed E-state index contributed by atoms with van der Waals surface area (Å²) in [5, 5.41) is 10.5. The van der Waals surface area contributed by atoms with Crippen LogP contribution >= 0.6 is 0 Å². The number of carbonyl (C=O) groups is 2. The number of aliphatic carboxylic acids is 1. The molecule has 29 heavy (non-hydrogen) atoms. The van der Waals surface area contributed by atoms with E-state index in [9.17, 15) is 18.0 Å². The minimum Gasteiger partial charge on any atom is -0.497 e. The highest BCUT2D eigenvalue weighted by Crippen LogP contribution is 2.31. The number of carboxylic acid groups (broad SMARTS) is 1. The van der Waals surface area contributed by atoms with Crippen molar-refractivity contribution in [3.8, 4) is 5.75 Å². The number of carbonyl (C=O) groups excluding carboxylic acids is 1. The second-order valence-corrected chi connectivity index (χ2v) is 6.68. The largest absolute Gasteiger partial charge is 0.497 e. The van der Waals surface area contributed by atoms with Crippen molar-refractivity contribution >= 4 is 11.9 Å². The topological polar surface area (TPSA) is 83.8 Å². The summed E-state index contributed by atoms with van der Waals surface area (Å²) >= 11 is 0. The van der Waals surface area contributed by atoms with Crippen LogP contribution in [-0.4, -0.2) is 58.9 Å². The quantitative estimate of drug-likeness (QED) is 0.810. The molecule has 2 aliphatic rings. The van der Waals surface area contributed by atoms with E-state index >= 15 is 0 Å². The highest BCUT2D eigenvalue weighted by atomic mass is 19.4. The Labute approximate surface area is 164 Å². The summed E-state index contributed by atoms with van der Waals surface area (Å²) in [5.74, 6) is -1.80. The van der Waals surface area contributed by atoms with Gasteiger partial charge in [0.15, 0.2) is 0 Å². The van der Waals surface area contributed by atoms with Crippen molar-refractivity contribution in [2.45, 2.75) is 24.8 Å². The summed E-state index contributed by atoms with van der Waals surface area (Å²) in [4.78, 5) is 23.7. The summed E-state index contributed by atoms with van der Waals surface area (Å²) < 4.78 is 39.1. The molecule has 0 aliphatic carbocycles. The first kappa shape index (κ1) is 20.7. The van der Waals surface area contributed by atoms with E-state index in [0.717, 1.165) is 30.1 Å². The number of aromatic nitrogens is 1. The van der Waals surface area contributed by atoms with Crippen molar-refractivity contribution in [2.24, 2.45) is 0 Å². The van der Waals surface area contributed by atoms with Gasteiger partial charge in [-0.1, -0.05) is 12.1 Å². The van der Waals surface area contributed by atoms with Gasteiger partial charge in [0.1, 0.15) is 11.4 Å². The Morgan fingerprint density at radius 3 is 2.41 bits per heavy atom. The first-order valence-corrected chi connectivity index (χ1v) is 8.84. The maximum Gasteiger partial charge on any atom is 0.490 e. The van der Waals surface area contributed by atoms with Gasteiger partial charge in [0, 0.05) is 25.8 Å². The smallest absolute Gasteiger partial charge is 0.490 e. The van der Waals surface area contributed by atoms with Crippen molar-refractivity contribution in [1.82, 2.24) is 14.8 Å². The molecule has 7 nitrogen and oxygen atoms in total. The van der Waals surface area contributed by atoms with Gasteiger partial charge in [-0.25, -0.2) is 4.79 Å². The Bertz CT molecular complexity index is 880. The lowest BCUT2D eigenvalue weighted by molar-refractivity contribution is -0.192. The first-order valence-electron chi connectivity index (χ1n) is 8.84. The number of nitrogens with one attached hydrogen (secondary N) is 1. The molecule has 3 heterocycles. The Kier molecular flexibility index (Phi) is 5.83. The molecular weight excluding hydrogens is 391 g/mol. The number of alkyl halides is 3. The average molecular weight is 411 g/mol. The summed E-state index contributed by atoms with van der Waals surface area (Å²) in [6.45, 7) is 2.40. The molecule has 0 saturated carbocycles. The molecule has 10 heteroatoms. The summed E-state index contributed by atoms with van der Waals surface area (Å²) in [6.07, 6.45) is -3.07. The van der Waals surface area contributed by atoms with Crippen molar-refractivity contribution in [2.75, 3.05) is 20.2 Å². The van der Waals surface area contributed by atoms with E-state index in [2.05, 4.69) is 9.88 Å². The van der Waals surface area contributed by atoms with Crippen molar-refractivity contribution in [1.29, 1.82) is 0 Å². The number of carboxylic acids is 1. The van der Waals surface area contributed by atoms with E-state index in [-0.39, 0.29) is 11.9 Å². The lowest BCUT2D eigenvalue weighted by Gasteiger charge is -2.38. The van der Waals surface area contributed by atoms with Crippen LogP contribution in [-0.2, 0) is 11.3 Å². The zero-order valence-corrected chi connectivity index (χ0v) is 15.5. The second-order valence-electron chi connectivity index (χ2n) is 6.68. The van der Waals surface area contributed by atoms with Crippen LogP contribution in [0.25, 0.3) is 0 Å². The van der Waals surface area contributed by atoms with Crippen LogP contribution in [0.1, 0.15) is 22.1 Å². The highest BCUT2D eigenvalue weighted by Gasteiger charge is 2.42. The van der Waals surface area contributed by atoms with E-state index < -0.39 is 12.1 Å². The third-order valence-electron chi connectivity index (χ3n) is 4.92. The van der Waals surface area contributed by atoms with Crippen LogP contribution in [0, 0.1) is 0 Å². The molecule has 1 amide bonds. The van der Waals surface area contributed by atoms with Gasteiger partial charge in [0.2, 0.25) is 0 Å². The molecule has 0 unspecified atom stereocenters. The summed E-state index contributed by atoms with van der Waals surface area (Å²) in [5.41, 5.74) is 1.92. The lowest BCUT2D eigenvalue weighted by Crippen LogP contribution is -2.49. The number of rotatable bonds is 3. The number of ether oxygens (including phenoxy) is 1. The Morgan fingerprint density at radius 1 is 1.21 bits per heavy atom. The van der Waals surface area contributed by atoms with Gasteiger partial charge in [-0.2, -0.15) is 13.2 Å². The molecule has 2 atom stereocenters. The minimum atomic E-state index is -5.08. The number of fused-ring (bicyclic) bond motifs is 3. The van der Waals surface area contributed by atoms with E-state index in [0.29, 0.717) is 12.6 Å². The first-order chi connectivity index (χ1) is 13.7. The molecule has 1 aromatic heterocycles. The number of benzene rings is 1. The fourth-order valence-corrected chi connectivity index (χ4v) is 3.53. The molecule has 2 N–H and O–H groups in total. The van der Waals surface area contributed by atoms with Crippen LogP contribution < -0.4 is 10.1 Å². The van der Waals surface area contributed by atoms with Gasteiger partial charge in [0.05, 0.1) is 19.2 Å². The summed E-state index contributed by atoms with van der Waals surface area (Å²) in [7, 11) is 1.66. The number of amides is 1. The zero-order chi connectivity index (χ0) is 21.2. The minimum absolute atomic E-state index is 0.116.